The Morgan fingerprint density at radius 3 is 2.62 bits per heavy atom. The first-order valence-corrected chi connectivity index (χ1v) is 15.4. The van der Waals surface area contributed by atoms with Crippen LogP contribution in [-0.4, -0.2) is 76.7 Å². The Bertz CT molecular complexity index is 1290. The summed E-state index contributed by atoms with van der Waals surface area (Å²) in [6.07, 6.45) is -0.419. The van der Waals surface area contributed by atoms with Crippen LogP contribution < -0.4 is 15.8 Å². The summed E-state index contributed by atoms with van der Waals surface area (Å²) >= 11 is 1.30. The summed E-state index contributed by atoms with van der Waals surface area (Å²) in [4.78, 5) is 14.5. The number of carbonyl (C=O) groups excluding carboxylic acids is 1. The first-order chi connectivity index (χ1) is 19.1. The molecule has 2 fully saturated rings. The molecule has 0 radical (unpaired) electrons. The fraction of sp³-hybridized carbons (Fsp3) is 0.556. The zero-order valence-electron chi connectivity index (χ0n) is 22.8. The summed E-state index contributed by atoms with van der Waals surface area (Å²) in [6.45, 7) is 4.84. The van der Waals surface area contributed by atoms with Crippen LogP contribution in [0, 0.1) is 23.2 Å². The van der Waals surface area contributed by atoms with E-state index < -0.39 is 34.3 Å². The number of benzene rings is 1. The van der Waals surface area contributed by atoms with Gasteiger partial charge in [0.25, 0.3) is 0 Å². The average molecular weight is 593 g/mol. The number of nitrogens with two attached hydrogens (primary N) is 1. The lowest BCUT2D eigenvalue weighted by atomic mass is 10.0. The van der Waals surface area contributed by atoms with E-state index in [0.717, 1.165) is 11.3 Å². The molecule has 2 aliphatic heterocycles. The maximum atomic E-state index is 13.6. The largest absolute Gasteiger partial charge is 0.497 e. The van der Waals surface area contributed by atoms with Crippen molar-refractivity contribution in [1.82, 2.24) is 9.62 Å². The van der Waals surface area contributed by atoms with E-state index in [1.165, 1.54) is 34.9 Å². The lowest BCUT2D eigenvalue weighted by molar-refractivity contribution is -0.0907. The number of amides is 1. The predicted octanol–water partition coefficient (Wildman–Crippen LogP) is 2.70. The number of nitriles is 1. The number of thiophene rings is 1. The van der Waals surface area contributed by atoms with Gasteiger partial charge in [0.15, 0.2) is 6.29 Å². The summed E-state index contributed by atoms with van der Waals surface area (Å²) in [5.41, 5.74) is 6.64. The molecule has 40 heavy (non-hydrogen) atoms. The van der Waals surface area contributed by atoms with Gasteiger partial charge in [-0.15, -0.1) is 11.3 Å². The van der Waals surface area contributed by atoms with Gasteiger partial charge in [-0.05, 0) is 48.7 Å². The minimum atomic E-state index is -3.90. The van der Waals surface area contributed by atoms with E-state index in [4.69, 9.17) is 24.7 Å². The molecule has 2 saturated heterocycles. The number of alkyl carbamates (subject to hydrolysis) is 1. The Kier molecular flexibility index (Phi) is 10.0. The number of nitrogens with one attached hydrogen (secondary N) is 1. The summed E-state index contributed by atoms with van der Waals surface area (Å²) in [6, 6.07) is 10.4. The molecule has 0 spiro atoms. The van der Waals surface area contributed by atoms with Crippen LogP contribution in [0.3, 0.4) is 0 Å². The second kappa shape index (κ2) is 13.3. The van der Waals surface area contributed by atoms with Crippen molar-refractivity contribution in [2.75, 3.05) is 33.4 Å². The van der Waals surface area contributed by atoms with Crippen molar-refractivity contribution < 1.29 is 32.2 Å². The highest BCUT2D eigenvalue weighted by molar-refractivity contribution is 7.89. The Balaban J connectivity index is 1.52. The van der Waals surface area contributed by atoms with E-state index in [1.807, 2.05) is 13.8 Å². The highest BCUT2D eigenvalue weighted by atomic mass is 32.2. The smallest absolute Gasteiger partial charge is 0.407 e. The van der Waals surface area contributed by atoms with Crippen LogP contribution in [0.4, 0.5) is 4.79 Å². The molecular weight excluding hydrogens is 556 g/mol. The molecule has 218 valence electrons. The number of hydrogen-bond acceptors (Lipinski definition) is 10. The normalized spacial score (nSPS) is 22.1. The van der Waals surface area contributed by atoms with Crippen molar-refractivity contribution in [2.24, 2.45) is 17.6 Å². The predicted molar refractivity (Wildman–Crippen MR) is 148 cm³/mol. The van der Waals surface area contributed by atoms with E-state index in [9.17, 15) is 18.5 Å². The third-order valence-electron chi connectivity index (χ3n) is 6.94. The first kappa shape index (κ1) is 30.2. The summed E-state index contributed by atoms with van der Waals surface area (Å²) < 4.78 is 50.6. The molecule has 0 bridgehead atoms. The SMILES string of the molecule is COc1ccc(S(=O)(=O)N(CC(C)C)C[C@@H](N)[C@H](Cc2ccc(C#N)s2)NC(=O)O[C@H]2CO[C@H]3OCC[C@H]32)cc1. The van der Waals surface area contributed by atoms with E-state index in [2.05, 4.69) is 11.4 Å². The van der Waals surface area contributed by atoms with Crippen LogP contribution in [0.15, 0.2) is 41.3 Å². The lowest BCUT2D eigenvalue weighted by Crippen LogP contribution is -2.55. The fourth-order valence-corrected chi connectivity index (χ4v) is 7.39. The van der Waals surface area contributed by atoms with Crippen LogP contribution in [-0.2, 0) is 30.7 Å². The molecule has 3 N–H and O–H groups in total. The molecule has 3 heterocycles. The van der Waals surface area contributed by atoms with Crippen molar-refractivity contribution in [3.63, 3.8) is 0 Å². The highest BCUT2D eigenvalue weighted by Crippen LogP contribution is 2.33. The standard InChI is InChI=1S/C27H36N4O7S2/c1-17(2)14-31(40(33,34)21-8-4-18(35-3)5-9-21)15-23(29)24(12-19-6-7-20(13-28)39-19)30-27(32)38-25-16-37-26-22(25)10-11-36-26/h4-9,17,22-26H,10-12,14-16,29H2,1-3H3,(H,30,32)/t22-,23+,24-,25-,26+/m0/s1. The second-order valence-corrected chi connectivity index (χ2v) is 13.5. The van der Waals surface area contributed by atoms with Crippen molar-refractivity contribution in [1.29, 1.82) is 5.26 Å². The summed E-state index contributed by atoms with van der Waals surface area (Å²) in [5, 5.41) is 12.1. The quantitative estimate of drug-likeness (QED) is 0.379. The van der Waals surface area contributed by atoms with Crippen LogP contribution in [0.25, 0.3) is 0 Å². The van der Waals surface area contributed by atoms with Gasteiger partial charge in [-0.25, -0.2) is 13.2 Å². The van der Waals surface area contributed by atoms with Gasteiger partial charge in [0.05, 0.1) is 37.2 Å². The van der Waals surface area contributed by atoms with Crippen molar-refractivity contribution in [3.8, 4) is 11.8 Å². The van der Waals surface area contributed by atoms with Crippen LogP contribution in [0.5, 0.6) is 5.75 Å². The number of methoxy groups -OCH3 is 1. The molecule has 2 aromatic rings. The minimum absolute atomic E-state index is 0.0236. The molecular formula is C27H36N4O7S2. The molecule has 0 aliphatic carbocycles. The zero-order chi connectivity index (χ0) is 28.9. The molecule has 13 heteroatoms. The third-order valence-corrected chi connectivity index (χ3v) is 9.80. The number of hydrogen-bond donors (Lipinski definition) is 2. The number of carbonyl (C=O) groups is 1. The highest BCUT2D eigenvalue weighted by Gasteiger charge is 2.44. The van der Waals surface area contributed by atoms with Crippen LogP contribution >= 0.6 is 11.3 Å². The molecule has 0 unspecified atom stereocenters. The molecule has 0 saturated carbocycles. The average Bonchev–Trinajstić information content (AvgIpc) is 3.66. The maximum absolute atomic E-state index is 13.6. The van der Waals surface area contributed by atoms with E-state index in [0.29, 0.717) is 23.7 Å². The van der Waals surface area contributed by atoms with Gasteiger partial charge in [0.1, 0.15) is 22.8 Å². The molecule has 11 nitrogen and oxygen atoms in total. The number of rotatable bonds is 12. The Morgan fingerprint density at radius 2 is 1.98 bits per heavy atom. The molecule has 5 atom stereocenters. The van der Waals surface area contributed by atoms with Gasteiger partial charge in [0, 0.05) is 30.4 Å². The van der Waals surface area contributed by atoms with Gasteiger partial charge in [-0.1, -0.05) is 13.8 Å². The summed E-state index contributed by atoms with van der Waals surface area (Å²) in [5.74, 6) is 0.547. The monoisotopic (exact) mass is 592 g/mol. The first-order valence-electron chi connectivity index (χ1n) is 13.2. The number of nitrogens with zero attached hydrogens (tertiary/aromatic N) is 2. The minimum Gasteiger partial charge on any atom is -0.497 e. The molecule has 1 amide bonds. The third kappa shape index (κ3) is 7.31. The topological polar surface area (TPSA) is 153 Å². The van der Waals surface area contributed by atoms with E-state index >= 15 is 0 Å². The van der Waals surface area contributed by atoms with E-state index in [-0.39, 0.29) is 42.7 Å². The van der Waals surface area contributed by atoms with Crippen molar-refractivity contribution in [2.45, 2.75) is 56.1 Å². The van der Waals surface area contributed by atoms with Gasteiger partial charge in [0.2, 0.25) is 10.0 Å². The van der Waals surface area contributed by atoms with Crippen LogP contribution in [0.2, 0.25) is 0 Å². The zero-order valence-corrected chi connectivity index (χ0v) is 24.4. The molecule has 1 aromatic heterocycles. The second-order valence-electron chi connectivity index (χ2n) is 10.4. The van der Waals surface area contributed by atoms with Gasteiger partial charge < -0.3 is 30.0 Å². The molecule has 2 aliphatic rings. The summed E-state index contributed by atoms with van der Waals surface area (Å²) in [7, 11) is -2.38. The Hall–Kier alpha value is -2.73. The Morgan fingerprint density at radius 1 is 1.23 bits per heavy atom. The lowest BCUT2D eigenvalue weighted by Gasteiger charge is -2.31. The number of fused-ring (bicyclic) bond motifs is 1. The fourth-order valence-electron chi connectivity index (χ4n) is 4.88. The van der Waals surface area contributed by atoms with Crippen LogP contribution in [0.1, 0.15) is 30.0 Å². The maximum Gasteiger partial charge on any atom is 0.407 e. The molecule has 1 aromatic carbocycles. The van der Waals surface area contributed by atoms with Gasteiger partial charge in [-0.3, -0.25) is 0 Å². The number of ether oxygens (including phenoxy) is 4. The van der Waals surface area contributed by atoms with Crippen molar-refractivity contribution in [3.05, 3.63) is 46.2 Å². The Labute approximate surface area is 239 Å². The van der Waals surface area contributed by atoms with Gasteiger partial charge >= 0.3 is 6.09 Å². The van der Waals surface area contributed by atoms with Crippen molar-refractivity contribution >= 4 is 27.5 Å². The number of sulfonamides is 1. The van der Waals surface area contributed by atoms with E-state index in [1.54, 1.807) is 24.3 Å². The molecule has 4 rings (SSSR count). The van der Waals surface area contributed by atoms with Gasteiger partial charge in [-0.2, -0.15) is 9.57 Å².